The van der Waals surface area contributed by atoms with E-state index in [0.29, 0.717) is 27.2 Å². The predicted molar refractivity (Wildman–Crippen MR) is 153 cm³/mol. The fourth-order valence-corrected chi connectivity index (χ4v) is 3.95. The summed E-state index contributed by atoms with van der Waals surface area (Å²) in [7, 11) is 0. The Labute approximate surface area is 219 Å². The summed E-state index contributed by atoms with van der Waals surface area (Å²) in [6, 6.07) is 17.0. The van der Waals surface area contributed by atoms with Crippen LogP contribution in [0.5, 0.6) is 0 Å². The molecule has 0 atom stereocenters. The molecule has 0 aromatic heterocycles. The van der Waals surface area contributed by atoms with Gasteiger partial charge in [0.25, 0.3) is 0 Å². The van der Waals surface area contributed by atoms with Crippen LogP contribution in [0.3, 0.4) is 0 Å². The van der Waals surface area contributed by atoms with Crippen molar-refractivity contribution < 1.29 is 4.79 Å². The third-order valence-corrected chi connectivity index (χ3v) is 6.16. The molecule has 0 bridgehead atoms. The molecule has 0 radical (unpaired) electrons. The summed E-state index contributed by atoms with van der Waals surface area (Å²) in [5, 5.41) is 10.4. The molecule has 0 aliphatic rings. The maximum atomic E-state index is 11.8. The van der Waals surface area contributed by atoms with Crippen LogP contribution < -0.4 is 10.9 Å². The number of carbonyl (C=O) groups is 1. The monoisotopic (exact) mass is 510 g/mol. The minimum absolute atomic E-state index is 0.000868. The van der Waals surface area contributed by atoms with Crippen molar-refractivity contribution in [2.24, 2.45) is 10.2 Å². The molecule has 0 saturated heterocycles. The molecular weight excluding hydrogens is 476 g/mol. The fourth-order valence-electron chi connectivity index (χ4n) is 3.34. The van der Waals surface area contributed by atoms with Crippen molar-refractivity contribution in [3.8, 4) is 0 Å². The van der Waals surface area contributed by atoms with Gasteiger partial charge >= 0.3 is 0 Å². The van der Waals surface area contributed by atoms with Crippen LogP contribution in [0.15, 0.2) is 64.8 Å². The third-order valence-electron chi connectivity index (χ3n) is 5.46. The minimum Gasteiger partial charge on any atom is -0.348 e. The number of carbonyl (C=O) groups excluding carboxylic acids is 1. The second kappa shape index (κ2) is 14.3. The summed E-state index contributed by atoms with van der Waals surface area (Å²) in [4.78, 5) is 15.8. The van der Waals surface area contributed by atoms with E-state index in [0.717, 1.165) is 37.3 Å². The molecule has 7 nitrogen and oxygen atoms in total. The van der Waals surface area contributed by atoms with E-state index in [4.69, 9.17) is 34.6 Å². The lowest BCUT2D eigenvalue weighted by molar-refractivity contribution is 0.101. The Balaban J connectivity index is 2.60. The van der Waals surface area contributed by atoms with Gasteiger partial charge in [0.05, 0.1) is 0 Å². The lowest BCUT2D eigenvalue weighted by atomic mass is 9.98. The van der Waals surface area contributed by atoms with E-state index in [1.165, 1.54) is 0 Å². The number of nitrogens with one attached hydrogen (secondary N) is 2. The number of hydrogen-bond acceptors (Lipinski definition) is 5. The molecule has 0 aliphatic heterocycles. The maximum absolute atomic E-state index is 11.8. The van der Waals surface area contributed by atoms with Crippen molar-refractivity contribution in [2.45, 2.75) is 34.6 Å². The molecule has 2 aromatic rings. The lowest BCUT2D eigenvalue weighted by Gasteiger charge is -2.22. The summed E-state index contributed by atoms with van der Waals surface area (Å²) in [5.41, 5.74) is 9.48. The second-order valence-corrected chi connectivity index (χ2v) is 8.37. The summed E-state index contributed by atoms with van der Waals surface area (Å²) in [5.74, 6) is -0.000868. The Morgan fingerprint density at radius 3 is 1.43 bits per heavy atom. The minimum atomic E-state index is -0.000868. The highest BCUT2D eigenvalue weighted by Crippen LogP contribution is 2.12. The van der Waals surface area contributed by atoms with Crippen LogP contribution in [0.4, 0.5) is 0 Å². The molecular formula is C26H34N6OS2. The van der Waals surface area contributed by atoms with Crippen LogP contribution in [0.25, 0.3) is 0 Å². The Bertz CT molecular complexity index is 1060. The third kappa shape index (κ3) is 7.93. The molecule has 9 heteroatoms. The van der Waals surface area contributed by atoms with Crippen molar-refractivity contribution >= 4 is 51.9 Å². The Morgan fingerprint density at radius 2 is 1.06 bits per heavy atom. The maximum Gasteiger partial charge on any atom is 0.189 e. The number of thiocarbonyl (C=S) groups is 2. The standard InChI is InChI=1S/C26H34N6OS2/c1-6-31(7-2)25(34)29-27-23(21-13-11-10-12-14-21)24(28-30-26(35)32(8-3)9-4)22-17-15-20(16-18-22)19(5)33/h10-18H,6-9H2,1-5H3,(H,29,34)(H,30,35). The van der Waals surface area contributed by atoms with Gasteiger partial charge in [-0.15, -0.1) is 0 Å². The van der Waals surface area contributed by atoms with Gasteiger partial charge in [-0.25, -0.2) is 0 Å². The highest BCUT2D eigenvalue weighted by Gasteiger charge is 2.17. The van der Waals surface area contributed by atoms with Crippen LogP contribution in [-0.4, -0.2) is 63.4 Å². The predicted octanol–water partition coefficient (Wildman–Crippen LogP) is 4.43. The van der Waals surface area contributed by atoms with E-state index >= 15 is 0 Å². The normalized spacial score (nSPS) is 11.6. The smallest absolute Gasteiger partial charge is 0.189 e. The Hall–Kier alpha value is -3.17. The highest BCUT2D eigenvalue weighted by atomic mass is 32.1. The SMILES string of the molecule is CCN(CC)C(=S)NN=C(C(=NNC(=S)N(CC)CC)c1ccc(C(C)=O)cc1)c1ccccc1. The van der Waals surface area contributed by atoms with Gasteiger partial charge in [-0.3, -0.25) is 15.6 Å². The van der Waals surface area contributed by atoms with Crippen LogP contribution in [0.1, 0.15) is 56.1 Å². The molecule has 0 saturated carbocycles. The summed E-state index contributed by atoms with van der Waals surface area (Å²) >= 11 is 11.1. The average Bonchev–Trinajstić information content (AvgIpc) is 2.88. The van der Waals surface area contributed by atoms with Gasteiger partial charge in [-0.1, -0.05) is 54.6 Å². The average molecular weight is 511 g/mol. The van der Waals surface area contributed by atoms with Gasteiger partial charge in [-0.2, -0.15) is 10.2 Å². The molecule has 2 aromatic carbocycles. The number of hydrogen-bond donors (Lipinski definition) is 2. The first-order valence-corrected chi connectivity index (χ1v) is 12.6. The van der Waals surface area contributed by atoms with Crippen molar-refractivity contribution in [2.75, 3.05) is 26.2 Å². The lowest BCUT2D eigenvalue weighted by Crippen LogP contribution is -2.39. The van der Waals surface area contributed by atoms with Crippen molar-refractivity contribution in [3.63, 3.8) is 0 Å². The van der Waals surface area contributed by atoms with E-state index in [2.05, 4.69) is 10.9 Å². The molecule has 186 valence electrons. The topological polar surface area (TPSA) is 72.3 Å². The van der Waals surface area contributed by atoms with Crippen molar-refractivity contribution in [1.29, 1.82) is 0 Å². The van der Waals surface area contributed by atoms with Crippen molar-refractivity contribution in [3.05, 3.63) is 71.3 Å². The molecule has 0 heterocycles. The number of rotatable bonds is 10. The van der Waals surface area contributed by atoms with Crippen LogP contribution in [0, 0.1) is 0 Å². The zero-order valence-electron chi connectivity index (χ0n) is 21.0. The van der Waals surface area contributed by atoms with Crippen LogP contribution in [-0.2, 0) is 0 Å². The Morgan fingerprint density at radius 1 is 0.686 bits per heavy atom. The molecule has 0 unspecified atom stereocenters. The zero-order valence-corrected chi connectivity index (χ0v) is 22.7. The van der Waals surface area contributed by atoms with Gasteiger partial charge in [0.1, 0.15) is 11.4 Å². The molecule has 2 N–H and O–H groups in total. The van der Waals surface area contributed by atoms with Gasteiger partial charge in [0, 0.05) is 42.9 Å². The molecule has 0 amide bonds. The highest BCUT2D eigenvalue weighted by molar-refractivity contribution is 7.80. The van der Waals surface area contributed by atoms with E-state index in [9.17, 15) is 4.79 Å². The van der Waals surface area contributed by atoms with Gasteiger partial charge in [0.15, 0.2) is 16.0 Å². The molecule has 35 heavy (non-hydrogen) atoms. The zero-order chi connectivity index (χ0) is 25.8. The number of ketones is 1. The van der Waals surface area contributed by atoms with Crippen LogP contribution >= 0.6 is 24.4 Å². The molecule has 0 fully saturated rings. The van der Waals surface area contributed by atoms with E-state index < -0.39 is 0 Å². The fraction of sp³-hybridized carbons (Fsp3) is 0.346. The summed E-state index contributed by atoms with van der Waals surface area (Å²) in [6.45, 7) is 12.8. The van der Waals surface area contributed by atoms with Crippen LogP contribution in [0.2, 0.25) is 0 Å². The number of Topliss-reactive ketones (excluding diaryl/α,β-unsaturated/α-hetero) is 1. The first kappa shape index (κ1) is 28.1. The number of benzene rings is 2. The summed E-state index contributed by atoms with van der Waals surface area (Å²) in [6.07, 6.45) is 0. The molecule has 0 aliphatic carbocycles. The first-order chi connectivity index (χ1) is 16.9. The number of nitrogens with zero attached hydrogens (tertiary/aromatic N) is 4. The van der Waals surface area contributed by atoms with Gasteiger partial charge < -0.3 is 9.80 Å². The quantitative estimate of drug-likeness (QED) is 0.212. The number of hydrazone groups is 2. The second-order valence-electron chi connectivity index (χ2n) is 7.60. The molecule has 0 spiro atoms. The summed E-state index contributed by atoms with van der Waals surface area (Å²) < 4.78 is 0. The largest absolute Gasteiger partial charge is 0.348 e. The van der Waals surface area contributed by atoms with Gasteiger partial charge in [0.2, 0.25) is 0 Å². The van der Waals surface area contributed by atoms with E-state index in [-0.39, 0.29) is 5.78 Å². The van der Waals surface area contributed by atoms with E-state index in [1.54, 1.807) is 19.1 Å². The molecule has 2 rings (SSSR count). The van der Waals surface area contributed by atoms with Crippen molar-refractivity contribution in [1.82, 2.24) is 20.7 Å². The van der Waals surface area contributed by atoms with Gasteiger partial charge in [-0.05, 0) is 59.1 Å². The first-order valence-electron chi connectivity index (χ1n) is 11.8. The van der Waals surface area contributed by atoms with E-state index in [1.807, 2.05) is 80.0 Å². The Kier molecular flexibility index (Phi) is 11.5.